The van der Waals surface area contributed by atoms with Gasteiger partial charge in [-0.15, -0.1) is 46.7 Å². The molecule has 4 rings (SSSR count). The van der Waals surface area contributed by atoms with Gasteiger partial charge in [-0.2, -0.15) is 0 Å². The van der Waals surface area contributed by atoms with Crippen LogP contribution in [0, 0.1) is 0 Å². The monoisotopic (exact) mass is 546 g/mol. The number of hydrogen-bond donors (Lipinski definition) is 0. The number of hydrogen-bond acceptors (Lipinski definition) is 3. The van der Waals surface area contributed by atoms with E-state index in [0.717, 1.165) is 11.1 Å². The number of benzene rings is 2. The van der Waals surface area contributed by atoms with Crippen LogP contribution in [0.25, 0.3) is 0 Å². The van der Waals surface area contributed by atoms with Gasteiger partial charge in [-0.25, -0.2) is 0 Å². The summed E-state index contributed by atoms with van der Waals surface area (Å²) in [6.07, 6.45) is 13.8. The van der Waals surface area contributed by atoms with Crippen LogP contribution in [0.15, 0.2) is 108 Å². The molecule has 0 saturated carbocycles. The van der Waals surface area contributed by atoms with E-state index < -0.39 is 19.2 Å². The first kappa shape index (κ1) is 25.9. The standard InChI is InChI=1S/C28H28Cl2OS3/c1-21-13-17-27(29,18-14-21)32-25(23-9-5-3-6-10-23)34(31)26(24-11-7-4-8-12-24)33-28(30)19-15-22(2)16-20-28/h3-17,19,25-26H,18,20H2,1-2H3. The van der Waals surface area contributed by atoms with Crippen molar-refractivity contribution < 1.29 is 4.21 Å². The van der Waals surface area contributed by atoms with Crippen LogP contribution in [-0.4, -0.2) is 12.6 Å². The van der Waals surface area contributed by atoms with E-state index in [9.17, 15) is 4.21 Å². The molecular formula is C28H28Cl2OS3. The Hall–Kier alpha value is -1.17. The molecule has 6 heteroatoms. The number of alkyl halides is 2. The van der Waals surface area contributed by atoms with Crippen LogP contribution in [0.3, 0.4) is 0 Å². The van der Waals surface area contributed by atoms with Gasteiger partial charge in [0.05, 0.1) is 10.8 Å². The van der Waals surface area contributed by atoms with Crippen molar-refractivity contribution >= 4 is 57.5 Å². The quantitative estimate of drug-likeness (QED) is 0.307. The molecule has 2 aromatic carbocycles. The SMILES string of the molecule is CC1=CCC(Cl)(SC(c2ccccc2)S(=O)C(SC2(Cl)C=CC(C)=CC2)c2ccccc2)C=C1. The summed E-state index contributed by atoms with van der Waals surface area (Å²) < 4.78 is 12.5. The first-order chi connectivity index (χ1) is 16.3. The van der Waals surface area contributed by atoms with Gasteiger partial charge in [0, 0.05) is 0 Å². The lowest BCUT2D eigenvalue weighted by molar-refractivity contribution is 0.680. The second kappa shape index (κ2) is 11.3. The van der Waals surface area contributed by atoms with Crippen LogP contribution in [0.1, 0.15) is 47.0 Å². The number of thioether (sulfide) groups is 2. The van der Waals surface area contributed by atoms with Crippen molar-refractivity contribution in [2.45, 2.75) is 44.3 Å². The zero-order valence-corrected chi connectivity index (χ0v) is 23.2. The molecule has 0 aliphatic heterocycles. The molecule has 0 amide bonds. The topological polar surface area (TPSA) is 17.1 Å². The van der Waals surface area contributed by atoms with E-state index in [0.29, 0.717) is 12.8 Å². The van der Waals surface area contributed by atoms with Crippen molar-refractivity contribution in [3.63, 3.8) is 0 Å². The molecule has 0 bridgehead atoms. The Morgan fingerprint density at radius 2 is 1.12 bits per heavy atom. The Kier molecular flexibility index (Phi) is 8.58. The fourth-order valence-corrected chi connectivity index (χ4v) is 10.6. The van der Waals surface area contributed by atoms with Crippen LogP contribution in [0.2, 0.25) is 0 Å². The Bertz CT molecular complexity index is 1050. The predicted octanol–water partition coefficient (Wildman–Crippen LogP) is 9.28. The summed E-state index contributed by atoms with van der Waals surface area (Å²) in [4.78, 5) is 0. The summed E-state index contributed by atoms with van der Waals surface area (Å²) in [5.41, 5.74) is 4.41. The van der Waals surface area contributed by atoms with Crippen molar-refractivity contribution in [3.8, 4) is 0 Å². The zero-order chi connectivity index (χ0) is 24.2. The van der Waals surface area contributed by atoms with Gasteiger partial charge in [0.25, 0.3) is 0 Å². The molecule has 1 nitrogen and oxygen atoms in total. The van der Waals surface area contributed by atoms with Gasteiger partial charge in [0.15, 0.2) is 0 Å². The minimum atomic E-state index is -1.32. The summed E-state index contributed by atoms with van der Waals surface area (Å²) in [7, 11) is -1.32. The Balaban J connectivity index is 1.70. The highest BCUT2D eigenvalue weighted by molar-refractivity contribution is 8.18. The summed E-state index contributed by atoms with van der Waals surface area (Å²) in [5.74, 6) is 0. The van der Waals surface area contributed by atoms with Crippen LogP contribution < -0.4 is 0 Å². The molecule has 178 valence electrons. The van der Waals surface area contributed by atoms with Gasteiger partial charge in [0.2, 0.25) is 0 Å². The molecule has 0 aromatic heterocycles. The number of allylic oxidation sites excluding steroid dienone is 6. The first-order valence-corrected chi connectivity index (χ1v) is 15.0. The average molecular weight is 548 g/mol. The molecule has 4 unspecified atom stereocenters. The molecule has 2 aliphatic rings. The molecule has 0 N–H and O–H groups in total. The summed E-state index contributed by atoms with van der Waals surface area (Å²) >= 11 is 17.2. The van der Waals surface area contributed by atoms with E-state index in [1.165, 1.54) is 11.1 Å². The Labute approximate surface area is 224 Å². The zero-order valence-electron chi connectivity index (χ0n) is 19.2. The largest absolute Gasteiger partial charge is 0.257 e. The van der Waals surface area contributed by atoms with Crippen molar-refractivity contribution in [3.05, 3.63) is 119 Å². The molecule has 4 atom stereocenters. The molecule has 2 aromatic rings. The minimum Gasteiger partial charge on any atom is -0.257 e. The van der Waals surface area contributed by atoms with Gasteiger partial charge in [0.1, 0.15) is 17.6 Å². The van der Waals surface area contributed by atoms with Gasteiger partial charge < -0.3 is 0 Å². The maximum absolute atomic E-state index is 14.5. The maximum atomic E-state index is 14.5. The third-order valence-corrected chi connectivity index (χ3v) is 12.3. The Morgan fingerprint density at radius 1 is 0.735 bits per heavy atom. The van der Waals surface area contributed by atoms with Crippen LogP contribution in [0.5, 0.6) is 0 Å². The van der Waals surface area contributed by atoms with E-state index >= 15 is 0 Å². The maximum Gasteiger partial charge on any atom is 0.113 e. The van der Waals surface area contributed by atoms with Gasteiger partial charge >= 0.3 is 0 Å². The minimum absolute atomic E-state index is 0.321. The fraction of sp³-hybridized carbons (Fsp3) is 0.286. The lowest BCUT2D eigenvalue weighted by atomic mass is 10.1. The molecule has 0 radical (unpaired) electrons. The van der Waals surface area contributed by atoms with Gasteiger partial charge in [-0.1, -0.05) is 108 Å². The summed E-state index contributed by atoms with van der Waals surface area (Å²) in [5, 5.41) is 0. The number of halogens is 2. The molecule has 0 heterocycles. The highest BCUT2D eigenvalue weighted by Crippen LogP contribution is 2.55. The van der Waals surface area contributed by atoms with Crippen LogP contribution >= 0.6 is 46.7 Å². The molecule has 0 saturated heterocycles. The van der Waals surface area contributed by atoms with E-state index in [-0.39, 0.29) is 9.16 Å². The van der Waals surface area contributed by atoms with Crippen molar-refractivity contribution in [2.75, 3.05) is 0 Å². The number of rotatable bonds is 8. The average Bonchev–Trinajstić information content (AvgIpc) is 2.86. The van der Waals surface area contributed by atoms with Crippen LogP contribution in [-0.2, 0) is 10.8 Å². The van der Waals surface area contributed by atoms with Crippen molar-refractivity contribution in [2.24, 2.45) is 0 Å². The summed E-state index contributed by atoms with van der Waals surface area (Å²) in [6, 6.07) is 20.1. The molecule has 0 spiro atoms. The van der Waals surface area contributed by atoms with Gasteiger partial charge in [-0.3, -0.25) is 4.21 Å². The second-order valence-electron chi connectivity index (χ2n) is 8.59. The van der Waals surface area contributed by atoms with Crippen molar-refractivity contribution in [1.29, 1.82) is 0 Å². The highest BCUT2D eigenvalue weighted by atomic mass is 35.5. The molecule has 0 fully saturated rings. The van der Waals surface area contributed by atoms with Crippen molar-refractivity contribution in [1.82, 2.24) is 0 Å². The van der Waals surface area contributed by atoms with E-state index in [1.54, 1.807) is 23.5 Å². The van der Waals surface area contributed by atoms with Crippen LogP contribution in [0.4, 0.5) is 0 Å². The van der Waals surface area contributed by atoms with Gasteiger partial charge in [-0.05, 0) is 37.8 Å². The first-order valence-electron chi connectivity index (χ1n) is 11.2. The second-order valence-corrected chi connectivity index (χ2v) is 15.5. The predicted molar refractivity (Wildman–Crippen MR) is 154 cm³/mol. The van der Waals surface area contributed by atoms with E-state index in [2.05, 4.69) is 26.0 Å². The van der Waals surface area contributed by atoms with E-state index in [4.69, 9.17) is 23.2 Å². The Morgan fingerprint density at radius 3 is 1.44 bits per heavy atom. The summed E-state index contributed by atoms with van der Waals surface area (Å²) in [6.45, 7) is 4.14. The molecule has 34 heavy (non-hydrogen) atoms. The highest BCUT2D eigenvalue weighted by Gasteiger charge is 2.40. The third kappa shape index (κ3) is 6.53. The normalized spacial score (nSPS) is 26.9. The molecule has 2 aliphatic carbocycles. The third-order valence-electron chi connectivity index (χ3n) is 5.77. The lowest BCUT2D eigenvalue weighted by Gasteiger charge is -2.34. The smallest absolute Gasteiger partial charge is 0.113 e. The van der Waals surface area contributed by atoms with E-state index in [1.807, 2.05) is 85.0 Å². The lowest BCUT2D eigenvalue weighted by Crippen LogP contribution is -2.23. The fourth-order valence-electron chi connectivity index (χ4n) is 3.75. The molecular weight excluding hydrogens is 519 g/mol.